The molecule has 0 aliphatic carbocycles. The van der Waals surface area contributed by atoms with Crippen LogP contribution in [0, 0.1) is 5.82 Å². The van der Waals surface area contributed by atoms with Gasteiger partial charge in [-0.05, 0) is 18.2 Å². The van der Waals surface area contributed by atoms with Crippen LogP contribution in [0.25, 0.3) is 5.69 Å². The molecule has 90 valence electrons. The van der Waals surface area contributed by atoms with Gasteiger partial charge < -0.3 is 5.11 Å². The Labute approximate surface area is 94.3 Å². The molecule has 0 atom stereocenters. The van der Waals surface area contributed by atoms with Gasteiger partial charge in [0.05, 0.1) is 24.1 Å². The number of benzene rings is 1. The van der Waals surface area contributed by atoms with Crippen LogP contribution in [-0.2, 0) is 6.61 Å². The van der Waals surface area contributed by atoms with Crippen molar-refractivity contribution in [2.45, 2.75) is 13.0 Å². The fraction of sp³-hybridized carbons (Fsp3) is 0.200. The van der Waals surface area contributed by atoms with Crippen LogP contribution < -0.4 is 0 Å². The number of aliphatic hydroxyl groups is 1. The predicted octanol–water partition coefficient (Wildman–Crippen LogP) is 1.84. The maximum Gasteiger partial charge on any atom is 0.266 e. The van der Waals surface area contributed by atoms with E-state index in [9.17, 15) is 13.2 Å². The molecule has 2 aromatic rings. The second kappa shape index (κ2) is 4.54. The lowest BCUT2D eigenvalue weighted by molar-refractivity contribution is 0.146. The summed E-state index contributed by atoms with van der Waals surface area (Å²) in [5, 5.41) is 16.0. The van der Waals surface area contributed by atoms with E-state index in [1.54, 1.807) is 0 Å². The van der Waals surface area contributed by atoms with Gasteiger partial charge >= 0.3 is 0 Å². The summed E-state index contributed by atoms with van der Waals surface area (Å²) < 4.78 is 39.2. The zero-order valence-corrected chi connectivity index (χ0v) is 8.52. The molecule has 0 spiro atoms. The van der Waals surface area contributed by atoms with Gasteiger partial charge in [-0.15, -0.1) is 5.10 Å². The first-order valence-electron chi connectivity index (χ1n) is 4.72. The Morgan fingerprint density at radius 3 is 2.71 bits per heavy atom. The standard InChI is InChI=1S/C10H8F3N3O/c11-9-2-1-7(3-8(9)10(12)13)16-4-6(5-17)14-15-16/h1-4,10,17H,5H2. The molecule has 0 saturated heterocycles. The van der Waals surface area contributed by atoms with E-state index in [-0.39, 0.29) is 12.3 Å². The molecule has 1 heterocycles. The quantitative estimate of drug-likeness (QED) is 0.894. The van der Waals surface area contributed by atoms with Crippen molar-refractivity contribution in [3.8, 4) is 5.69 Å². The first-order chi connectivity index (χ1) is 8.11. The van der Waals surface area contributed by atoms with Crippen molar-refractivity contribution in [1.29, 1.82) is 0 Å². The molecule has 0 unspecified atom stereocenters. The van der Waals surface area contributed by atoms with Crippen molar-refractivity contribution in [2.75, 3.05) is 0 Å². The van der Waals surface area contributed by atoms with E-state index < -0.39 is 17.8 Å². The van der Waals surface area contributed by atoms with E-state index >= 15 is 0 Å². The van der Waals surface area contributed by atoms with Gasteiger partial charge in [-0.25, -0.2) is 17.9 Å². The molecule has 0 fully saturated rings. The fourth-order valence-corrected chi connectivity index (χ4v) is 1.34. The van der Waals surface area contributed by atoms with Crippen LogP contribution in [0.2, 0.25) is 0 Å². The van der Waals surface area contributed by atoms with Gasteiger partial charge in [-0.1, -0.05) is 5.21 Å². The Bertz CT molecular complexity index is 527. The topological polar surface area (TPSA) is 50.9 Å². The summed E-state index contributed by atoms with van der Waals surface area (Å²) in [6, 6.07) is 3.24. The van der Waals surface area contributed by atoms with E-state index in [2.05, 4.69) is 10.3 Å². The molecule has 0 aliphatic rings. The Morgan fingerprint density at radius 2 is 2.12 bits per heavy atom. The lowest BCUT2D eigenvalue weighted by Crippen LogP contribution is -1.99. The summed E-state index contributed by atoms with van der Waals surface area (Å²) in [7, 11) is 0. The zero-order valence-electron chi connectivity index (χ0n) is 8.52. The molecule has 1 aromatic carbocycles. The molecule has 0 amide bonds. The third-order valence-electron chi connectivity index (χ3n) is 2.18. The summed E-state index contributed by atoms with van der Waals surface area (Å²) in [5.74, 6) is -0.966. The summed E-state index contributed by atoms with van der Waals surface area (Å²) in [4.78, 5) is 0. The van der Waals surface area contributed by atoms with Gasteiger partial charge in [-0.3, -0.25) is 0 Å². The molecular formula is C10H8F3N3O. The molecule has 17 heavy (non-hydrogen) atoms. The number of nitrogens with zero attached hydrogens (tertiary/aromatic N) is 3. The van der Waals surface area contributed by atoms with Crippen LogP contribution >= 0.6 is 0 Å². The first-order valence-corrected chi connectivity index (χ1v) is 4.72. The molecule has 0 saturated carbocycles. The van der Waals surface area contributed by atoms with Gasteiger partial charge in [-0.2, -0.15) is 0 Å². The molecule has 0 aliphatic heterocycles. The summed E-state index contributed by atoms with van der Waals surface area (Å²) in [6.45, 7) is -0.303. The Balaban J connectivity index is 2.42. The van der Waals surface area contributed by atoms with Crippen LogP contribution in [0.15, 0.2) is 24.4 Å². The number of hydrogen-bond donors (Lipinski definition) is 1. The van der Waals surface area contributed by atoms with Crippen LogP contribution in [0.1, 0.15) is 17.7 Å². The van der Waals surface area contributed by atoms with Gasteiger partial charge in [0.1, 0.15) is 11.5 Å². The Morgan fingerprint density at radius 1 is 1.35 bits per heavy atom. The number of halogens is 3. The van der Waals surface area contributed by atoms with Gasteiger partial charge in [0.2, 0.25) is 0 Å². The highest BCUT2D eigenvalue weighted by molar-refractivity contribution is 5.36. The van der Waals surface area contributed by atoms with Gasteiger partial charge in [0.25, 0.3) is 6.43 Å². The molecule has 0 radical (unpaired) electrons. The monoisotopic (exact) mass is 243 g/mol. The van der Waals surface area contributed by atoms with E-state index in [0.29, 0.717) is 5.69 Å². The van der Waals surface area contributed by atoms with Crippen LogP contribution in [0.3, 0.4) is 0 Å². The fourth-order valence-electron chi connectivity index (χ4n) is 1.34. The van der Waals surface area contributed by atoms with E-state index in [4.69, 9.17) is 5.11 Å². The lowest BCUT2D eigenvalue weighted by atomic mass is 10.2. The summed E-state index contributed by atoms with van der Waals surface area (Å²) >= 11 is 0. The van der Waals surface area contributed by atoms with Gasteiger partial charge in [0, 0.05) is 0 Å². The smallest absolute Gasteiger partial charge is 0.266 e. The van der Waals surface area contributed by atoms with E-state index in [0.717, 1.165) is 12.1 Å². The number of hydrogen-bond acceptors (Lipinski definition) is 3. The second-order valence-electron chi connectivity index (χ2n) is 3.32. The minimum absolute atomic E-state index is 0.258. The third kappa shape index (κ3) is 2.28. The number of aromatic nitrogens is 3. The minimum Gasteiger partial charge on any atom is -0.390 e. The molecule has 2 rings (SSSR count). The van der Waals surface area contributed by atoms with Crippen LogP contribution in [0.4, 0.5) is 13.2 Å². The number of aliphatic hydroxyl groups excluding tert-OH is 1. The zero-order chi connectivity index (χ0) is 12.4. The Hall–Kier alpha value is -1.89. The van der Waals surface area contributed by atoms with Crippen molar-refractivity contribution in [3.05, 3.63) is 41.5 Å². The molecule has 1 N–H and O–H groups in total. The van der Waals surface area contributed by atoms with E-state index in [1.807, 2.05) is 0 Å². The number of rotatable bonds is 3. The van der Waals surface area contributed by atoms with Gasteiger partial charge in [0.15, 0.2) is 0 Å². The predicted molar refractivity (Wildman–Crippen MR) is 52.2 cm³/mol. The van der Waals surface area contributed by atoms with Crippen LogP contribution in [-0.4, -0.2) is 20.1 Å². The highest BCUT2D eigenvalue weighted by Gasteiger charge is 2.14. The number of alkyl halides is 2. The van der Waals surface area contributed by atoms with Crippen molar-refractivity contribution in [3.63, 3.8) is 0 Å². The highest BCUT2D eigenvalue weighted by Crippen LogP contribution is 2.24. The third-order valence-corrected chi connectivity index (χ3v) is 2.18. The second-order valence-corrected chi connectivity index (χ2v) is 3.32. The molecular weight excluding hydrogens is 235 g/mol. The minimum atomic E-state index is -2.89. The van der Waals surface area contributed by atoms with E-state index in [1.165, 1.54) is 16.9 Å². The summed E-state index contributed by atoms with van der Waals surface area (Å²) in [5.41, 5.74) is -0.134. The lowest BCUT2D eigenvalue weighted by Gasteiger charge is -2.05. The maximum atomic E-state index is 13.0. The largest absolute Gasteiger partial charge is 0.390 e. The maximum absolute atomic E-state index is 13.0. The van der Waals surface area contributed by atoms with Crippen LogP contribution in [0.5, 0.6) is 0 Å². The normalized spacial score (nSPS) is 11.1. The first kappa shape index (κ1) is 11.6. The average Bonchev–Trinajstić information content (AvgIpc) is 2.78. The Kier molecular flexibility index (Phi) is 3.10. The van der Waals surface area contributed by atoms with Crippen molar-refractivity contribution in [1.82, 2.24) is 15.0 Å². The SMILES string of the molecule is OCc1cn(-c2ccc(F)c(C(F)F)c2)nn1. The molecule has 0 bridgehead atoms. The van der Waals surface area contributed by atoms with Crippen molar-refractivity contribution in [2.24, 2.45) is 0 Å². The van der Waals surface area contributed by atoms with Crippen molar-refractivity contribution >= 4 is 0 Å². The molecule has 4 nitrogen and oxygen atoms in total. The molecule has 7 heteroatoms. The molecule has 1 aromatic heterocycles. The van der Waals surface area contributed by atoms with Crippen molar-refractivity contribution < 1.29 is 18.3 Å². The highest BCUT2D eigenvalue weighted by atomic mass is 19.3. The average molecular weight is 243 g/mol. The summed E-state index contributed by atoms with van der Waals surface area (Å²) in [6.07, 6.45) is -1.52.